The molecule has 0 aromatic heterocycles. The Hall–Kier alpha value is 0.310. The van der Waals surface area contributed by atoms with E-state index in [-0.39, 0.29) is 0 Å². The topological polar surface area (TPSA) is 3.24 Å². The highest BCUT2D eigenvalue weighted by atomic mass is 32.1. The second-order valence-electron chi connectivity index (χ2n) is 1.73. The van der Waals surface area contributed by atoms with Crippen molar-refractivity contribution in [3.8, 4) is 0 Å². The minimum Gasteiger partial charge on any atom is -0.303 e. The third kappa shape index (κ3) is 3.33. The molecule has 0 saturated carbocycles. The molecule has 1 radical (unpaired) electrons. The van der Waals surface area contributed by atoms with Crippen LogP contribution in [0.15, 0.2) is 0 Å². The molecule has 0 aliphatic heterocycles. The quantitative estimate of drug-likeness (QED) is 0.560. The first-order valence-corrected chi connectivity index (χ1v) is 3.73. The molecule has 0 spiro atoms. The van der Waals surface area contributed by atoms with Crippen molar-refractivity contribution in [2.75, 3.05) is 25.4 Å². The first-order chi connectivity index (χ1) is 3.85. The lowest BCUT2D eigenvalue weighted by Crippen LogP contribution is -2.24. The molecule has 0 amide bonds. The summed E-state index contributed by atoms with van der Waals surface area (Å²) in [6.07, 6.45) is 0. The molecule has 0 rings (SSSR count). The van der Waals surface area contributed by atoms with Gasteiger partial charge in [0.1, 0.15) is 0 Å². The van der Waals surface area contributed by atoms with Crippen molar-refractivity contribution in [2.24, 2.45) is 0 Å². The molecule has 49 valence electrons. The zero-order chi connectivity index (χ0) is 6.41. The molecule has 0 atom stereocenters. The molecule has 0 aliphatic carbocycles. The van der Waals surface area contributed by atoms with Gasteiger partial charge in [0, 0.05) is 12.3 Å². The summed E-state index contributed by atoms with van der Waals surface area (Å²) < 4.78 is 0. The van der Waals surface area contributed by atoms with Crippen molar-refractivity contribution in [2.45, 2.75) is 13.8 Å². The van der Waals surface area contributed by atoms with Crippen LogP contribution in [0.2, 0.25) is 0 Å². The van der Waals surface area contributed by atoms with Crippen molar-refractivity contribution >= 4 is 12.6 Å². The van der Waals surface area contributed by atoms with Gasteiger partial charge < -0.3 is 4.90 Å². The molecule has 0 heterocycles. The Morgan fingerprint density at radius 3 is 1.88 bits per heavy atom. The van der Waals surface area contributed by atoms with Gasteiger partial charge in [-0.2, -0.15) is 0 Å². The molecule has 0 unspecified atom stereocenters. The summed E-state index contributed by atoms with van der Waals surface area (Å²) >= 11 is 4.82. The van der Waals surface area contributed by atoms with Gasteiger partial charge in [-0.15, -0.1) is 0 Å². The normalized spacial score (nSPS) is 10.5. The van der Waals surface area contributed by atoms with Crippen LogP contribution in [0.4, 0.5) is 0 Å². The summed E-state index contributed by atoms with van der Waals surface area (Å²) in [5.74, 6) is 0.863. The molecule has 0 saturated heterocycles. The number of hydrogen-bond acceptors (Lipinski definition) is 1. The number of hydrogen-bond donors (Lipinski definition) is 0. The minimum absolute atomic E-state index is 0.863. The van der Waals surface area contributed by atoms with Crippen LogP contribution in [0, 0.1) is 0 Å². The van der Waals surface area contributed by atoms with Gasteiger partial charge in [0.15, 0.2) is 0 Å². The van der Waals surface area contributed by atoms with E-state index in [0.717, 1.165) is 25.4 Å². The molecular formula is C6H14NS. The highest BCUT2D eigenvalue weighted by molar-refractivity contribution is 7.80. The monoisotopic (exact) mass is 132 g/mol. The summed E-state index contributed by atoms with van der Waals surface area (Å²) in [7, 11) is 0. The van der Waals surface area contributed by atoms with E-state index < -0.39 is 0 Å². The van der Waals surface area contributed by atoms with E-state index in [4.69, 9.17) is 12.6 Å². The fourth-order valence-electron chi connectivity index (χ4n) is 0.669. The lowest BCUT2D eigenvalue weighted by Gasteiger charge is -2.15. The maximum Gasteiger partial charge on any atom is 0.0165 e. The second-order valence-corrected chi connectivity index (χ2v) is 2.14. The van der Waals surface area contributed by atoms with Gasteiger partial charge in [-0.3, -0.25) is 0 Å². The van der Waals surface area contributed by atoms with Crippen LogP contribution in [-0.2, 0) is 0 Å². The van der Waals surface area contributed by atoms with Gasteiger partial charge >= 0.3 is 0 Å². The maximum atomic E-state index is 4.82. The van der Waals surface area contributed by atoms with Crippen molar-refractivity contribution in [1.82, 2.24) is 4.90 Å². The van der Waals surface area contributed by atoms with Gasteiger partial charge in [-0.1, -0.05) is 26.5 Å². The SMILES string of the molecule is CCN(CC)CC[S]. The van der Waals surface area contributed by atoms with Crippen molar-refractivity contribution in [1.29, 1.82) is 0 Å². The van der Waals surface area contributed by atoms with E-state index in [1.54, 1.807) is 0 Å². The summed E-state index contributed by atoms with van der Waals surface area (Å²) in [5.41, 5.74) is 0. The van der Waals surface area contributed by atoms with Gasteiger partial charge in [-0.25, -0.2) is 0 Å². The van der Waals surface area contributed by atoms with Crippen LogP contribution in [0.25, 0.3) is 0 Å². The average molecular weight is 132 g/mol. The van der Waals surface area contributed by atoms with E-state index in [1.165, 1.54) is 0 Å². The molecule has 0 aromatic rings. The van der Waals surface area contributed by atoms with Crippen molar-refractivity contribution < 1.29 is 0 Å². The number of rotatable bonds is 4. The van der Waals surface area contributed by atoms with Crippen molar-refractivity contribution in [3.63, 3.8) is 0 Å². The van der Waals surface area contributed by atoms with Crippen LogP contribution in [0.3, 0.4) is 0 Å². The predicted octanol–water partition coefficient (Wildman–Crippen LogP) is 1.53. The summed E-state index contributed by atoms with van der Waals surface area (Å²) in [6.45, 7) is 7.66. The standard InChI is InChI=1S/C6H14NS/c1-3-7(4-2)5-6-8/h3-6H2,1-2H3. The second kappa shape index (κ2) is 5.45. The Bertz CT molecular complexity index is 43.8. The first kappa shape index (κ1) is 8.31. The summed E-state index contributed by atoms with van der Waals surface area (Å²) in [6, 6.07) is 0. The van der Waals surface area contributed by atoms with Crippen LogP contribution < -0.4 is 0 Å². The molecule has 8 heavy (non-hydrogen) atoms. The van der Waals surface area contributed by atoms with Gasteiger partial charge in [0.25, 0.3) is 0 Å². The van der Waals surface area contributed by atoms with E-state index in [0.29, 0.717) is 0 Å². The Morgan fingerprint density at radius 2 is 1.75 bits per heavy atom. The largest absolute Gasteiger partial charge is 0.303 e. The lowest BCUT2D eigenvalue weighted by molar-refractivity contribution is 0.324. The van der Waals surface area contributed by atoms with Crippen LogP contribution in [0.5, 0.6) is 0 Å². The van der Waals surface area contributed by atoms with E-state index in [1.807, 2.05) is 0 Å². The maximum absolute atomic E-state index is 4.82. The highest BCUT2D eigenvalue weighted by Gasteiger charge is 1.93. The van der Waals surface area contributed by atoms with Gasteiger partial charge in [0.05, 0.1) is 0 Å². The Kier molecular flexibility index (Phi) is 5.66. The predicted molar refractivity (Wildman–Crippen MR) is 40.2 cm³/mol. The third-order valence-corrected chi connectivity index (χ3v) is 1.48. The van der Waals surface area contributed by atoms with Gasteiger partial charge in [0.2, 0.25) is 0 Å². The summed E-state index contributed by atoms with van der Waals surface area (Å²) in [4.78, 5) is 2.33. The lowest BCUT2D eigenvalue weighted by atomic mass is 10.5. The first-order valence-electron chi connectivity index (χ1n) is 3.15. The molecular weight excluding hydrogens is 118 g/mol. The minimum atomic E-state index is 0.863. The van der Waals surface area contributed by atoms with E-state index in [2.05, 4.69) is 18.7 Å². The summed E-state index contributed by atoms with van der Waals surface area (Å²) in [5, 5.41) is 0. The third-order valence-electron chi connectivity index (χ3n) is 1.30. The molecule has 2 heteroatoms. The Balaban J connectivity index is 3.07. The smallest absolute Gasteiger partial charge is 0.0165 e. The molecule has 0 aliphatic rings. The zero-order valence-corrected chi connectivity index (χ0v) is 6.50. The van der Waals surface area contributed by atoms with Crippen LogP contribution in [0.1, 0.15) is 13.8 Å². The van der Waals surface area contributed by atoms with E-state index in [9.17, 15) is 0 Å². The molecule has 0 bridgehead atoms. The molecule has 1 nitrogen and oxygen atoms in total. The zero-order valence-electron chi connectivity index (χ0n) is 5.68. The van der Waals surface area contributed by atoms with Crippen LogP contribution >= 0.6 is 12.6 Å². The fraction of sp³-hybridized carbons (Fsp3) is 1.00. The van der Waals surface area contributed by atoms with Crippen LogP contribution in [-0.4, -0.2) is 30.3 Å². The molecule has 0 aromatic carbocycles. The van der Waals surface area contributed by atoms with Crippen molar-refractivity contribution in [3.05, 3.63) is 0 Å². The Labute approximate surface area is 57.5 Å². The number of nitrogens with zero attached hydrogens (tertiary/aromatic N) is 1. The van der Waals surface area contributed by atoms with Gasteiger partial charge in [-0.05, 0) is 13.1 Å². The molecule has 0 fully saturated rings. The fourth-order valence-corrected chi connectivity index (χ4v) is 0.927. The highest BCUT2D eigenvalue weighted by Crippen LogP contribution is 1.86. The Morgan fingerprint density at radius 1 is 1.25 bits per heavy atom. The molecule has 0 N–H and O–H groups in total. The average Bonchev–Trinajstić information content (AvgIpc) is 1.83. The van der Waals surface area contributed by atoms with E-state index >= 15 is 0 Å².